The van der Waals surface area contributed by atoms with Crippen molar-refractivity contribution in [3.63, 3.8) is 0 Å². The highest BCUT2D eigenvalue weighted by Crippen LogP contribution is 2.32. The van der Waals surface area contributed by atoms with E-state index in [0.29, 0.717) is 36.8 Å². The second-order valence-corrected chi connectivity index (χ2v) is 8.12. The molecule has 3 aromatic rings. The van der Waals surface area contributed by atoms with Crippen molar-refractivity contribution in [1.29, 1.82) is 0 Å². The molecule has 3 heterocycles. The smallest absolute Gasteiger partial charge is 0.272 e. The predicted octanol–water partition coefficient (Wildman–Crippen LogP) is 1.77. The third-order valence-corrected chi connectivity index (χ3v) is 5.95. The van der Waals surface area contributed by atoms with Crippen LogP contribution in [0.3, 0.4) is 0 Å². The van der Waals surface area contributed by atoms with Gasteiger partial charge in [0.1, 0.15) is 11.5 Å². The number of amides is 1. The van der Waals surface area contributed by atoms with Gasteiger partial charge in [0, 0.05) is 51.1 Å². The van der Waals surface area contributed by atoms with E-state index in [4.69, 9.17) is 9.47 Å². The van der Waals surface area contributed by atoms with E-state index >= 15 is 0 Å². The van der Waals surface area contributed by atoms with Crippen molar-refractivity contribution < 1.29 is 14.3 Å². The third-order valence-electron chi connectivity index (χ3n) is 5.95. The van der Waals surface area contributed by atoms with Gasteiger partial charge in [0.05, 0.1) is 0 Å². The number of anilines is 1. The number of ether oxygens (including phenoxy) is 2. The molecule has 33 heavy (non-hydrogen) atoms. The van der Waals surface area contributed by atoms with Gasteiger partial charge in [-0.1, -0.05) is 24.3 Å². The van der Waals surface area contributed by atoms with Crippen LogP contribution in [0.15, 0.2) is 53.3 Å². The molecule has 9 nitrogen and oxygen atoms in total. The maximum absolute atomic E-state index is 12.7. The molecule has 0 unspecified atom stereocenters. The number of hydrogen-bond acceptors (Lipinski definition) is 7. The summed E-state index contributed by atoms with van der Waals surface area (Å²) in [5.41, 5.74) is 2.08. The number of rotatable bonds is 6. The number of hydrogen-bond donors (Lipinski definition) is 1. The van der Waals surface area contributed by atoms with Gasteiger partial charge in [-0.3, -0.25) is 9.59 Å². The molecule has 1 N–H and O–H groups in total. The van der Waals surface area contributed by atoms with Crippen LogP contribution < -0.4 is 19.9 Å². The minimum Gasteiger partial charge on any atom is -0.454 e. The largest absolute Gasteiger partial charge is 0.454 e. The molecule has 1 amide bonds. The van der Waals surface area contributed by atoms with Crippen LogP contribution in [0.2, 0.25) is 0 Å². The summed E-state index contributed by atoms with van der Waals surface area (Å²) >= 11 is 0. The van der Waals surface area contributed by atoms with Crippen molar-refractivity contribution in [2.24, 2.45) is 0 Å². The Kier molecular flexibility index (Phi) is 5.93. The SMILES string of the molecule is O=C(CCc1nnc(Cc2ccc3c(c2)OCO3)[nH]c1=O)N1CCN(c2ccccc2)CC1. The quantitative estimate of drug-likeness (QED) is 0.615. The van der Waals surface area contributed by atoms with Crippen molar-refractivity contribution in [2.75, 3.05) is 37.9 Å². The average Bonchev–Trinajstić information content (AvgIpc) is 3.32. The lowest BCUT2D eigenvalue weighted by Crippen LogP contribution is -2.48. The summed E-state index contributed by atoms with van der Waals surface area (Å²) in [7, 11) is 0. The van der Waals surface area contributed by atoms with Crippen LogP contribution in [0.25, 0.3) is 0 Å². The Morgan fingerprint density at radius 1 is 0.970 bits per heavy atom. The van der Waals surface area contributed by atoms with Gasteiger partial charge in [-0.2, -0.15) is 0 Å². The fourth-order valence-corrected chi connectivity index (χ4v) is 4.12. The summed E-state index contributed by atoms with van der Waals surface area (Å²) in [6.07, 6.45) is 0.929. The van der Waals surface area contributed by atoms with E-state index in [-0.39, 0.29) is 36.8 Å². The van der Waals surface area contributed by atoms with Crippen LogP contribution in [-0.2, 0) is 17.6 Å². The molecular formula is C24H25N5O4. The van der Waals surface area contributed by atoms with Crippen molar-refractivity contribution in [1.82, 2.24) is 20.1 Å². The molecule has 1 aromatic heterocycles. The van der Waals surface area contributed by atoms with E-state index in [1.165, 1.54) is 5.69 Å². The standard InChI is InChI=1S/C24H25N5O4/c30-23(29-12-10-28(11-13-29)18-4-2-1-3-5-18)9-7-19-24(31)25-22(27-26-19)15-17-6-8-20-21(14-17)33-16-32-20/h1-6,8,14H,7,9-13,15-16H2,(H,25,27,31). The molecule has 1 fully saturated rings. The molecule has 2 aliphatic rings. The van der Waals surface area contributed by atoms with Crippen LogP contribution in [0.5, 0.6) is 11.5 Å². The first-order chi connectivity index (χ1) is 16.2. The Bertz CT molecular complexity index is 1190. The zero-order valence-electron chi connectivity index (χ0n) is 18.2. The van der Waals surface area contributed by atoms with E-state index < -0.39 is 0 Å². The number of aromatic amines is 1. The summed E-state index contributed by atoms with van der Waals surface area (Å²) < 4.78 is 10.7. The number of piperazine rings is 1. The molecule has 0 spiro atoms. The number of carbonyl (C=O) groups excluding carboxylic acids is 1. The normalized spacial score (nSPS) is 15.0. The average molecular weight is 447 g/mol. The van der Waals surface area contributed by atoms with Gasteiger partial charge in [-0.25, -0.2) is 0 Å². The van der Waals surface area contributed by atoms with Crippen molar-refractivity contribution in [2.45, 2.75) is 19.3 Å². The van der Waals surface area contributed by atoms with Gasteiger partial charge in [-0.15, -0.1) is 10.2 Å². The number of H-pyrrole nitrogens is 1. The van der Waals surface area contributed by atoms with Gasteiger partial charge >= 0.3 is 0 Å². The van der Waals surface area contributed by atoms with E-state index in [0.717, 1.165) is 18.7 Å². The molecule has 0 aliphatic carbocycles. The third kappa shape index (κ3) is 4.82. The summed E-state index contributed by atoms with van der Waals surface area (Å²) in [5.74, 6) is 1.89. The first-order valence-corrected chi connectivity index (χ1v) is 11.1. The highest BCUT2D eigenvalue weighted by Gasteiger charge is 2.21. The van der Waals surface area contributed by atoms with Crippen LogP contribution in [0.4, 0.5) is 5.69 Å². The number of carbonyl (C=O) groups is 1. The molecule has 0 bridgehead atoms. The number of nitrogens with zero attached hydrogens (tertiary/aromatic N) is 4. The zero-order valence-corrected chi connectivity index (χ0v) is 18.2. The van der Waals surface area contributed by atoms with E-state index in [1.54, 1.807) is 0 Å². The zero-order chi connectivity index (χ0) is 22.6. The fraction of sp³-hybridized carbons (Fsp3) is 0.333. The Morgan fingerprint density at radius 2 is 1.76 bits per heavy atom. The maximum Gasteiger partial charge on any atom is 0.272 e. The molecule has 0 saturated carbocycles. The summed E-state index contributed by atoms with van der Waals surface area (Å²) in [6.45, 7) is 3.15. The second kappa shape index (κ2) is 9.32. The molecule has 1 saturated heterocycles. The summed E-state index contributed by atoms with van der Waals surface area (Å²) in [5, 5.41) is 8.24. The lowest BCUT2D eigenvalue weighted by atomic mass is 10.1. The summed E-state index contributed by atoms with van der Waals surface area (Å²) in [4.78, 5) is 32.0. The van der Waals surface area contributed by atoms with Gasteiger partial charge in [0.15, 0.2) is 11.5 Å². The van der Waals surface area contributed by atoms with Crippen molar-refractivity contribution in [3.05, 3.63) is 76.0 Å². The molecule has 170 valence electrons. The lowest BCUT2D eigenvalue weighted by molar-refractivity contribution is -0.131. The fourth-order valence-electron chi connectivity index (χ4n) is 4.12. The first kappa shape index (κ1) is 21.0. The predicted molar refractivity (Wildman–Crippen MR) is 122 cm³/mol. The monoisotopic (exact) mass is 447 g/mol. The highest BCUT2D eigenvalue weighted by atomic mass is 16.7. The number of aromatic nitrogens is 3. The van der Waals surface area contributed by atoms with Crippen LogP contribution >= 0.6 is 0 Å². The Balaban J connectivity index is 1.13. The number of fused-ring (bicyclic) bond motifs is 1. The Labute approximate surface area is 191 Å². The van der Waals surface area contributed by atoms with Crippen molar-refractivity contribution in [3.8, 4) is 11.5 Å². The summed E-state index contributed by atoms with van der Waals surface area (Å²) in [6, 6.07) is 15.8. The van der Waals surface area contributed by atoms with Gasteiger partial charge in [0.25, 0.3) is 5.56 Å². The number of para-hydroxylation sites is 1. The molecule has 9 heteroatoms. The van der Waals surface area contributed by atoms with Crippen LogP contribution in [0, 0.1) is 0 Å². The molecule has 0 radical (unpaired) electrons. The van der Waals surface area contributed by atoms with E-state index in [9.17, 15) is 9.59 Å². The molecular weight excluding hydrogens is 422 g/mol. The van der Waals surface area contributed by atoms with E-state index in [2.05, 4.69) is 32.2 Å². The topological polar surface area (TPSA) is 101 Å². The Morgan fingerprint density at radius 3 is 2.55 bits per heavy atom. The Hall–Kier alpha value is -3.88. The maximum atomic E-state index is 12.7. The van der Waals surface area contributed by atoms with Gasteiger partial charge < -0.3 is 24.3 Å². The minimum absolute atomic E-state index is 0.0355. The minimum atomic E-state index is -0.303. The number of nitrogens with one attached hydrogen (secondary N) is 1. The highest BCUT2D eigenvalue weighted by molar-refractivity contribution is 5.76. The van der Waals surface area contributed by atoms with Gasteiger partial charge in [0.2, 0.25) is 12.7 Å². The molecule has 5 rings (SSSR count). The molecule has 0 atom stereocenters. The first-order valence-electron chi connectivity index (χ1n) is 11.1. The lowest BCUT2D eigenvalue weighted by Gasteiger charge is -2.36. The number of benzene rings is 2. The van der Waals surface area contributed by atoms with Gasteiger partial charge in [-0.05, 0) is 29.8 Å². The number of aryl methyl sites for hydroxylation is 1. The van der Waals surface area contributed by atoms with Crippen LogP contribution in [0.1, 0.15) is 23.5 Å². The van der Waals surface area contributed by atoms with Crippen LogP contribution in [-0.4, -0.2) is 59.0 Å². The molecule has 2 aliphatic heterocycles. The van der Waals surface area contributed by atoms with Crippen molar-refractivity contribution >= 4 is 11.6 Å². The second-order valence-electron chi connectivity index (χ2n) is 8.12. The molecule has 2 aromatic carbocycles. The van der Waals surface area contributed by atoms with E-state index in [1.807, 2.05) is 41.3 Å².